The first-order chi connectivity index (χ1) is 7.86. The Morgan fingerprint density at radius 1 is 1.33 bits per heavy atom. The summed E-state index contributed by atoms with van der Waals surface area (Å²) in [4.78, 5) is 12.2. The maximum atomic E-state index is 12.2. The van der Waals surface area contributed by atoms with Gasteiger partial charge in [0.2, 0.25) is 0 Å². The molecule has 1 aliphatic rings. The third kappa shape index (κ3) is 3.13. The predicted octanol–water partition coefficient (Wildman–Crippen LogP) is 2.56. The monoisotopic (exact) mass is 270 g/mol. The van der Waals surface area contributed by atoms with Gasteiger partial charge in [-0.05, 0) is 20.8 Å². The summed E-state index contributed by atoms with van der Waals surface area (Å²) >= 11 is 0. The Morgan fingerprint density at radius 3 is 2.17 bits per heavy atom. The standard InChI is InChI=1S/C13H26N2O2Si/c1-12(2,3)17-10(16)9-13(4,5)11(15-14-9)18(6,7)8/h9,14H,1-8H3. The molecular weight excluding hydrogens is 244 g/mol. The van der Waals surface area contributed by atoms with Gasteiger partial charge >= 0.3 is 5.97 Å². The second-order valence-corrected chi connectivity index (χ2v) is 12.5. The average molecular weight is 270 g/mol. The summed E-state index contributed by atoms with van der Waals surface area (Å²) < 4.78 is 5.46. The molecule has 18 heavy (non-hydrogen) atoms. The SMILES string of the molecule is CC(C)(C)OC(=O)C1NN=C([Si](C)(C)C)C1(C)C. The first-order valence-corrected chi connectivity index (χ1v) is 9.93. The molecule has 0 saturated carbocycles. The fourth-order valence-electron chi connectivity index (χ4n) is 2.41. The van der Waals surface area contributed by atoms with Gasteiger partial charge in [-0.25, -0.2) is 4.79 Å². The second-order valence-electron chi connectivity index (χ2n) is 7.53. The van der Waals surface area contributed by atoms with E-state index in [1.165, 1.54) is 0 Å². The maximum Gasteiger partial charge on any atom is 0.331 e. The van der Waals surface area contributed by atoms with Crippen LogP contribution in [-0.2, 0) is 9.53 Å². The van der Waals surface area contributed by atoms with Crippen LogP contribution in [0.3, 0.4) is 0 Å². The van der Waals surface area contributed by atoms with Gasteiger partial charge in [0.05, 0.1) is 8.07 Å². The molecule has 0 amide bonds. The van der Waals surface area contributed by atoms with E-state index in [2.05, 4.69) is 44.0 Å². The van der Waals surface area contributed by atoms with E-state index in [0.29, 0.717) is 0 Å². The van der Waals surface area contributed by atoms with Gasteiger partial charge in [-0.1, -0.05) is 33.5 Å². The molecule has 1 unspecified atom stereocenters. The number of hydrogen-bond acceptors (Lipinski definition) is 4. The van der Waals surface area contributed by atoms with Crippen molar-refractivity contribution in [2.45, 2.75) is 65.9 Å². The van der Waals surface area contributed by atoms with Gasteiger partial charge in [-0.2, -0.15) is 5.10 Å². The lowest BCUT2D eigenvalue weighted by molar-refractivity contribution is -0.159. The lowest BCUT2D eigenvalue weighted by atomic mass is 9.86. The van der Waals surface area contributed by atoms with E-state index in [1.807, 2.05) is 20.8 Å². The first kappa shape index (κ1) is 15.2. The molecule has 1 N–H and O–H groups in total. The van der Waals surface area contributed by atoms with Crippen molar-refractivity contribution in [1.29, 1.82) is 0 Å². The molecule has 104 valence electrons. The molecule has 0 spiro atoms. The van der Waals surface area contributed by atoms with Crippen molar-refractivity contribution in [2.75, 3.05) is 0 Å². The summed E-state index contributed by atoms with van der Waals surface area (Å²) in [6.45, 7) is 16.5. The van der Waals surface area contributed by atoms with Crippen molar-refractivity contribution in [3.8, 4) is 0 Å². The fourth-order valence-corrected chi connectivity index (χ4v) is 4.89. The van der Waals surface area contributed by atoms with Crippen LogP contribution >= 0.6 is 0 Å². The molecule has 1 heterocycles. The Labute approximate surface area is 111 Å². The number of nitrogens with one attached hydrogen (secondary N) is 1. The van der Waals surface area contributed by atoms with Crippen LogP contribution in [-0.4, -0.2) is 31.0 Å². The van der Waals surface area contributed by atoms with Crippen molar-refractivity contribution >= 4 is 19.4 Å². The first-order valence-electron chi connectivity index (χ1n) is 6.43. The van der Waals surface area contributed by atoms with Gasteiger partial charge in [0.25, 0.3) is 0 Å². The van der Waals surface area contributed by atoms with Gasteiger partial charge in [0.1, 0.15) is 5.60 Å². The highest BCUT2D eigenvalue weighted by Crippen LogP contribution is 2.33. The van der Waals surface area contributed by atoms with E-state index in [4.69, 9.17) is 4.74 Å². The largest absolute Gasteiger partial charge is 0.458 e. The molecule has 1 aliphatic heterocycles. The molecule has 5 heteroatoms. The van der Waals surface area contributed by atoms with Crippen molar-refractivity contribution in [3.63, 3.8) is 0 Å². The molecule has 1 atom stereocenters. The summed E-state index contributed by atoms with van der Waals surface area (Å²) in [5.41, 5.74) is 2.24. The molecule has 0 bridgehead atoms. The van der Waals surface area contributed by atoms with E-state index in [9.17, 15) is 4.79 Å². The highest BCUT2D eigenvalue weighted by atomic mass is 28.3. The Kier molecular flexibility index (Phi) is 3.69. The molecule has 0 radical (unpaired) electrons. The number of carbonyl (C=O) groups is 1. The van der Waals surface area contributed by atoms with E-state index in [1.54, 1.807) is 0 Å². The van der Waals surface area contributed by atoms with E-state index >= 15 is 0 Å². The lowest BCUT2D eigenvalue weighted by Gasteiger charge is -2.33. The van der Waals surface area contributed by atoms with Gasteiger partial charge in [-0.3, -0.25) is 5.43 Å². The second kappa shape index (κ2) is 4.37. The third-order valence-electron chi connectivity index (χ3n) is 2.99. The number of hydrazone groups is 1. The van der Waals surface area contributed by atoms with Crippen molar-refractivity contribution in [3.05, 3.63) is 0 Å². The van der Waals surface area contributed by atoms with Crippen LogP contribution in [0.25, 0.3) is 0 Å². The number of rotatable bonds is 2. The van der Waals surface area contributed by atoms with E-state index in [0.717, 1.165) is 5.33 Å². The number of hydrogen-bond donors (Lipinski definition) is 1. The molecule has 0 fully saturated rings. The molecule has 0 saturated heterocycles. The zero-order valence-corrected chi connectivity index (χ0v) is 13.8. The van der Waals surface area contributed by atoms with Gasteiger partial charge in [0.15, 0.2) is 6.04 Å². The molecular formula is C13H26N2O2Si. The molecule has 0 aliphatic carbocycles. The molecule has 4 nitrogen and oxygen atoms in total. The number of ether oxygens (including phenoxy) is 1. The van der Waals surface area contributed by atoms with Gasteiger partial charge in [0, 0.05) is 10.7 Å². The van der Waals surface area contributed by atoms with Crippen LogP contribution in [0.5, 0.6) is 0 Å². The van der Waals surface area contributed by atoms with E-state index in [-0.39, 0.29) is 17.4 Å². The molecule has 1 rings (SSSR count). The van der Waals surface area contributed by atoms with Crippen LogP contribution < -0.4 is 5.43 Å². The van der Waals surface area contributed by atoms with Crippen molar-refractivity contribution in [1.82, 2.24) is 5.43 Å². The summed E-state index contributed by atoms with van der Waals surface area (Å²) in [5, 5.41) is 5.56. The summed E-state index contributed by atoms with van der Waals surface area (Å²) in [6, 6.07) is -0.376. The number of carbonyl (C=O) groups excluding carboxylic acids is 1. The predicted molar refractivity (Wildman–Crippen MR) is 77.3 cm³/mol. The minimum atomic E-state index is -1.53. The van der Waals surface area contributed by atoms with Crippen molar-refractivity contribution < 1.29 is 9.53 Å². The van der Waals surface area contributed by atoms with Gasteiger partial charge < -0.3 is 4.74 Å². The normalized spacial score (nSPS) is 23.3. The van der Waals surface area contributed by atoms with Crippen LogP contribution in [0.15, 0.2) is 5.10 Å². The Morgan fingerprint density at radius 2 is 1.83 bits per heavy atom. The quantitative estimate of drug-likeness (QED) is 0.620. The van der Waals surface area contributed by atoms with Crippen molar-refractivity contribution in [2.24, 2.45) is 10.5 Å². The summed E-state index contributed by atoms with van der Waals surface area (Å²) in [5.74, 6) is -0.218. The highest BCUT2D eigenvalue weighted by molar-refractivity contribution is 7.05. The number of nitrogens with zero attached hydrogens (tertiary/aromatic N) is 1. The topological polar surface area (TPSA) is 50.7 Å². The lowest BCUT2D eigenvalue weighted by Crippen LogP contribution is -2.51. The Balaban J connectivity index is 2.89. The van der Waals surface area contributed by atoms with Crippen LogP contribution in [0.2, 0.25) is 19.6 Å². The molecule has 0 aromatic rings. The Bertz CT molecular complexity index is 375. The summed E-state index contributed by atoms with van der Waals surface area (Å²) in [6.07, 6.45) is 0. The number of esters is 1. The third-order valence-corrected chi connectivity index (χ3v) is 5.17. The highest BCUT2D eigenvalue weighted by Gasteiger charge is 2.49. The van der Waals surface area contributed by atoms with Crippen LogP contribution in [0.4, 0.5) is 0 Å². The zero-order valence-electron chi connectivity index (χ0n) is 12.8. The fraction of sp³-hybridized carbons (Fsp3) is 0.846. The van der Waals surface area contributed by atoms with Crippen LogP contribution in [0.1, 0.15) is 34.6 Å². The van der Waals surface area contributed by atoms with Crippen LogP contribution in [0, 0.1) is 5.41 Å². The smallest absolute Gasteiger partial charge is 0.331 e. The summed E-state index contributed by atoms with van der Waals surface area (Å²) in [7, 11) is -1.53. The maximum absolute atomic E-state index is 12.2. The van der Waals surface area contributed by atoms with E-state index < -0.39 is 13.7 Å². The molecule has 0 aromatic heterocycles. The minimum absolute atomic E-state index is 0.218. The van der Waals surface area contributed by atoms with Gasteiger partial charge in [-0.15, -0.1) is 0 Å². The molecule has 0 aromatic carbocycles. The Hall–Kier alpha value is -0.843. The minimum Gasteiger partial charge on any atom is -0.458 e. The average Bonchev–Trinajstić information content (AvgIpc) is 2.35. The zero-order chi connectivity index (χ0) is 14.4.